The second-order valence-electron chi connectivity index (χ2n) is 6.01. The third-order valence-electron chi connectivity index (χ3n) is 4.47. The summed E-state index contributed by atoms with van der Waals surface area (Å²) in [6.45, 7) is 5.42. The van der Waals surface area contributed by atoms with Crippen LogP contribution in [0.5, 0.6) is 0 Å². The predicted octanol–water partition coefficient (Wildman–Crippen LogP) is 1.32. The van der Waals surface area contributed by atoms with Gasteiger partial charge >= 0.3 is 0 Å². The molecule has 2 heterocycles. The lowest BCUT2D eigenvalue weighted by Crippen LogP contribution is -2.44. The average molecular weight is 316 g/mol. The molecule has 122 valence electrons. The van der Waals surface area contributed by atoms with E-state index in [0.29, 0.717) is 5.95 Å². The minimum absolute atomic E-state index is 0.102. The highest BCUT2D eigenvalue weighted by atomic mass is 19.1. The summed E-state index contributed by atoms with van der Waals surface area (Å²) in [5.74, 6) is 0.411. The fourth-order valence-corrected chi connectivity index (χ4v) is 2.80. The van der Waals surface area contributed by atoms with Crippen molar-refractivity contribution in [1.82, 2.24) is 15.3 Å². The molecule has 1 aromatic heterocycles. The van der Waals surface area contributed by atoms with Crippen molar-refractivity contribution in [2.45, 2.75) is 12.3 Å². The third-order valence-corrected chi connectivity index (χ3v) is 4.47. The van der Waals surface area contributed by atoms with Crippen LogP contribution in [0.4, 0.5) is 10.3 Å². The number of anilines is 1. The molecule has 0 radical (unpaired) electrons. The molecular weight excluding hydrogens is 295 g/mol. The van der Waals surface area contributed by atoms with E-state index in [1.54, 1.807) is 24.5 Å². The fourth-order valence-electron chi connectivity index (χ4n) is 2.80. The second-order valence-corrected chi connectivity index (χ2v) is 6.01. The van der Waals surface area contributed by atoms with E-state index in [9.17, 15) is 9.50 Å². The molecule has 23 heavy (non-hydrogen) atoms. The first kappa shape index (κ1) is 15.8. The van der Waals surface area contributed by atoms with Crippen LogP contribution in [0.15, 0.2) is 36.7 Å². The molecule has 6 heteroatoms. The Morgan fingerprint density at radius 2 is 1.74 bits per heavy atom. The maximum absolute atomic E-state index is 13.1. The number of nitrogens with zero attached hydrogens (tertiary/aromatic N) is 3. The van der Waals surface area contributed by atoms with Crippen molar-refractivity contribution in [2.75, 3.05) is 37.7 Å². The van der Waals surface area contributed by atoms with E-state index in [1.807, 2.05) is 6.92 Å². The molecule has 1 saturated heterocycles. The summed E-state index contributed by atoms with van der Waals surface area (Å²) in [5, 5.41) is 13.2. The molecule has 2 N–H and O–H groups in total. The molecule has 2 aromatic rings. The number of rotatable bonds is 4. The molecule has 0 unspecified atom stereocenters. The van der Waals surface area contributed by atoms with Gasteiger partial charge in [-0.1, -0.05) is 12.1 Å². The fraction of sp³-hybridized carbons (Fsp3) is 0.412. The van der Waals surface area contributed by atoms with Gasteiger partial charge < -0.3 is 15.3 Å². The molecule has 3 rings (SSSR count). The van der Waals surface area contributed by atoms with Crippen LogP contribution in [-0.4, -0.2) is 47.9 Å². The zero-order valence-electron chi connectivity index (χ0n) is 13.2. The summed E-state index contributed by atoms with van der Waals surface area (Å²) in [5.41, 5.74) is 0.987. The van der Waals surface area contributed by atoms with Gasteiger partial charge in [0.25, 0.3) is 0 Å². The van der Waals surface area contributed by atoms with Crippen molar-refractivity contribution >= 4 is 5.95 Å². The van der Waals surface area contributed by atoms with Gasteiger partial charge in [-0.25, -0.2) is 14.4 Å². The number of piperazine rings is 1. The molecule has 1 aliphatic rings. The minimum atomic E-state index is -0.657. The Balaban J connectivity index is 1.87. The monoisotopic (exact) mass is 316 g/mol. The molecule has 5 nitrogen and oxygen atoms in total. The number of aromatic nitrogens is 2. The van der Waals surface area contributed by atoms with Crippen LogP contribution in [0.3, 0.4) is 0 Å². The van der Waals surface area contributed by atoms with Crippen LogP contribution in [0.1, 0.15) is 18.1 Å². The van der Waals surface area contributed by atoms with Gasteiger partial charge in [-0.15, -0.1) is 0 Å². The molecular formula is C17H21FN4O. The summed E-state index contributed by atoms with van der Waals surface area (Å²) >= 11 is 0. The van der Waals surface area contributed by atoms with Gasteiger partial charge in [0, 0.05) is 49.6 Å². The van der Waals surface area contributed by atoms with E-state index in [4.69, 9.17) is 0 Å². The first-order valence-electron chi connectivity index (χ1n) is 7.78. The molecule has 0 saturated carbocycles. The summed E-state index contributed by atoms with van der Waals surface area (Å²) in [6, 6.07) is 6.18. The highest BCUT2D eigenvalue weighted by molar-refractivity contribution is 5.39. The van der Waals surface area contributed by atoms with Crippen molar-refractivity contribution in [3.8, 4) is 0 Å². The van der Waals surface area contributed by atoms with Gasteiger partial charge in [0.05, 0.1) is 6.61 Å². The topological polar surface area (TPSA) is 61.3 Å². The smallest absolute Gasteiger partial charge is 0.225 e. The first-order chi connectivity index (χ1) is 11.1. The first-order valence-corrected chi connectivity index (χ1v) is 7.78. The molecule has 0 spiro atoms. The highest BCUT2D eigenvalue weighted by Crippen LogP contribution is 2.31. The predicted molar refractivity (Wildman–Crippen MR) is 87.1 cm³/mol. The Morgan fingerprint density at radius 3 is 2.30 bits per heavy atom. The van der Waals surface area contributed by atoms with Crippen molar-refractivity contribution in [3.05, 3.63) is 53.6 Å². The number of benzene rings is 1. The molecule has 1 aromatic carbocycles. The zero-order valence-corrected chi connectivity index (χ0v) is 13.2. The molecule has 0 amide bonds. The van der Waals surface area contributed by atoms with Crippen molar-refractivity contribution < 1.29 is 9.50 Å². The zero-order chi connectivity index (χ0) is 16.3. The quantitative estimate of drug-likeness (QED) is 0.891. The average Bonchev–Trinajstić information content (AvgIpc) is 2.62. The van der Waals surface area contributed by atoms with Crippen molar-refractivity contribution in [3.63, 3.8) is 0 Å². The Hall–Kier alpha value is -2.05. The molecule has 0 aliphatic carbocycles. The summed E-state index contributed by atoms with van der Waals surface area (Å²) in [6.07, 6.45) is 3.51. The maximum Gasteiger partial charge on any atom is 0.225 e. The third kappa shape index (κ3) is 3.18. The standard InChI is InChI=1S/C17H21FN4O/c1-17(12-23,13-2-4-15(18)5-3-13)14-10-20-16(21-11-14)22-8-6-19-7-9-22/h2-5,10-11,19,23H,6-9,12H2,1H3/t17-/m0/s1. The normalized spacial score (nSPS) is 17.8. The van der Waals surface area contributed by atoms with Gasteiger partial charge in [-0.3, -0.25) is 0 Å². The summed E-state index contributed by atoms with van der Waals surface area (Å²) in [4.78, 5) is 11.1. The SMILES string of the molecule is C[C@](CO)(c1ccc(F)cc1)c1cnc(N2CCNCC2)nc1. The van der Waals surface area contributed by atoms with E-state index < -0.39 is 5.41 Å². The Bertz CT molecular complexity index is 641. The Morgan fingerprint density at radius 1 is 1.13 bits per heavy atom. The van der Waals surface area contributed by atoms with Gasteiger partial charge in [-0.05, 0) is 24.6 Å². The summed E-state index contributed by atoms with van der Waals surface area (Å²) in [7, 11) is 0. The highest BCUT2D eigenvalue weighted by Gasteiger charge is 2.29. The number of nitrogens with one attached hydrogen (secondary N) is 1. The number of aliphatic hydroxyl groups is 1. The van der Waals surface area contributed by atoms with E-state index in [2.05, 4.69) is 20.2 Å². The Kier molecular flexibility index (Phi) is 4.54. The van der Waals surface area contributed by atoms with E-state index in [0.717, 1.165) is 37.3 Å². The van der Waals surface area contributed by atoms with Crippen LogP contribution in [0.25, 0.3) is 0 Å². The van der Waals surface area contributed by atoms with Crippen LogP contribution >= 0.6 is 0 Å². The van der Waals surface area contributed by atoms with Crippen molar-refractivity contribution in [1.29, 1.82) is 0 Å². The molecule has 1 aliphatic heterocycles. The van der Waals surface area contributed by atoms with Gasteiger partial charge in [0.2, 0.25) is 5.95 Å². The number of aliphatic hydroxyl groups excluding tert-OH is 1. The maximum atomic E-state index is 13.1. The van der Waals surface area contributed by atoms with Crippen LogP contribution in [-0.2, 0) is 5.41 Å². The Labute approximate surface area is 135 Å². The van der Waals surface area contributed by atoms with Gasteiger partial charge in [-0.2, -0.15) is 0 Å². The van der Waals surface area contributed by atoms with Crippen LogP contribution in [0, 0.1) is 5.82 Å². The molecule has 1 fully saturated rings. The van der Waals surface area contributed by atoms with Crippen molar-refractivity contribution in [2.24, 2.45) is 0 Å². The number of hydrogen-bond donors (Lipinski definition) is 2. The van der Waals surface area contributed by atoms with E-state index in [1.165, 1.54) is 12.1 Å². The minimum Gasteiger partial charge on any atom is -0.395 e. The van der Waals surface area contributed by atoms with Gasteiger partial charge in [0.1, 0.15) is 5.82 Å². The lowest BCUT2D eigenvalue weighted by Gasteiger charge is -2.30. The van der Waals surface area contributed by atoms with E-state index >= 15 is 0 Å². The lowest BCUT2D eigenvalue weighted by molar-refractivity contribution is 0.230. The van der Waals surface area contributed by atoms with Gasteiger partial charge in [0.15, 0.2) is 0 Å². The second kappa shape index (κ2) is 6.60. The summed E-state index contributed by atoms with van der Waals surface area (Å²) < 4.78 is 13.1. The largest absolute Gasteiger partial charge is 0.395 e. The number of halogens is 1. The molecule has 1 atom stereocenters. The van der Waals surface area contributed by atoms with Crippen LogP contribution in [0.2, 0.25) is 0 Å². The molecule has 0 bridgehead atoms. The van der Waals surface area contributed by atoms with E-state index in [-0.39, 0.29) is 12.4 Å². The van der Waals surface area contributed by atoms with Crippen LogP contribution < -0.4 is 10.2 Å². The lowest BCUT2D eigenvalue weighted by atomic mass is 9.78. The number of hydrogen-bond acceptors (Lipinski definition) is 5.